The molecule has 1 aromatic heterocycles. The van der Waals surface area contributed by atoms with Gasteiger partial charge in [-0.2, -0.15) is 0 Å². The fourth-order valence-electron chi connectivity index (χ4n) is 3.65. The van der Waals surface area contributed by atoms with Crippen LogP contribution >= 0.6 is 0 Å². The second-order valence-electron chi connectivity index (χ2n) is 6.87. The predicted molar refractivity (Wildman–Crippen MR) is 89.6 cm³/mol. The number of carbonyl (C=O) groups excluding carboxylic acids is 1. The lowest BCUT2D eigenvalue weighted by Gasteiger charge is -2.35. The third kappa shape index (κ3) is 3.40. The quantitative estimate of drug-likeness (QED) is 0.857. The van der Waals surface area contributed by atoms with Gasteiger partial charge in [0.05, 0.1) is 18.8 Å². The Morgan fingerprint density at radius 1 is 1.26 bits per heavy atom. The number of hydrogen-bond acceptors (Lipinski definition) is 4. The summed E-state index contributed by atoms with van der Waals surface area (Å²) in [5.74, 6) is 0.492. The average Bonchev–Trinajstić information content (AvgIpc) is 2.96. The number of ether oxygens (including phenoxy) is 1. The summed E-state index contributed by atoms with van der Waals surface area (Å²) in [5.41, 5.74) is 1.73. The van der Waals surface area contributed by atoms with E-state index in [-0.39, 0.29) is 11.9 Å². The van der Waals surface area contributed by atoms with Crippen LogP contribution in [0.25, 0.3) is 0 Å². The summed E-state index contributed by atoms with van der Waals surface area (Å²) in [6.07, 6.45) is 2.77. The predicted octanol–water partition coefficient (Wildman–Crippen LogP) is 2.14. The Kier molecular flexibility index (Phi) is 4.97. The molecule has 1 aromatic rings. The second kappa shape index (κ2) is 6.97. The SMILES string of the molecule is CC(C)c1ccc(C(=O)N2CC[C@@H](N3CCOCC3)[C@H]2C)cn1. The van der Waals surface area contributed by atoms with Gasteiger partial charge in [0, 0.05) is 43.6 Å². The Morgan fingerprint density at radius 2 is 2.00 bits per heavy atom. The minimum Gasteiger partial charge on any atom is -0.379 e. The number of aromatic nitrogens is 1. The summed E-state index contributed by atoms with van der Waals surface area (Å²) in [7, 11) is 0. The third-order valence-electron chi connectivity index (χ3n) is 5.11. The van der Waals surface area contributed by atoms with Crippen LogP contribution in [0.3, 0.4) is 0 Å². The Hall–Kier alpha value is -1.46. The van der Waals surface area contributed by atoms with E-state index in [2.05, 4.69) is 30.7 Å². The molecule has 0 bridgehead atoms. The largest absolute Gasteiger partial charge is 0.379 e. The van der Waals surface area contributed by atoms with E-state index in [0.29, 0.717) is 17.5 Å². The summed E-state index contributed by atoms with van der Waals surface area (Å²) in [4.78, 5) is 21.7. The third-order valence-corrected chi connectivity index (χ3v) is 5.11. The summed E-state index contributed by atoms with van der Waals surface area (Å²) >= 11 is 0. The highest BCUT2D eigenvalue weighted by atomic mass is 16.5. The van der Waals surface area contributed by atoms with Gasteiger partial charge in [-0.25, -0.2) is 0 Å². The topological polar surface area (TPSA) is 45.7 Å². The van der Waals surface area contributed by atoms with Gasteiger partial charge in [0.15, 0.2) is 0 Å². The van der Waals surface area contributed by atoms with Crippen LogP contribution in [0.2, 0.25) is 0 Å². The van der Waals surface area contributed by atoms with Crippen molar-refractivity contribution in [3.8, 4) is 0 Å². The van der Waals surface area contributed by atoms with Crippen LogP contribution < -0.4 is 0 Å². The first-order valence-electron chi connectivity index (χ1n) is 8.66. The standard InChI is InChI=1S/C18H27N3O2/c1-13(2)16-5-4-15(12-19-16)18(22)21-7-6-17(14(21)3)20-8-10-23-11-9-20/h4-5,12-14,17H,6-11H2,1-3H3/t14-,17-/m1/s1. The molecule has 2 aliphatic rings. The highest BCUT2D eigenvalue weighted by Gasteiger charge is 2.37. The van der Waals surface area contributed by atoms with Crippen molar-refractivity contribution in [2.45, 2.75) is 45.2 Å². The van der Waals surface area contributed by atoms with Crippen molar-refractivity contribution in [3.05, 3.63) is 29.6 Å². The maximum absolute atomic E-state index is 12.8. The average molecular weight is 317 g/mol. The first-order valence-corrected chi connectivity index (χ1v) is 8.66. The minimum absolute atomic E-state index is 0.107. The number of pyridine rings is 1. The molecular weight excluding hydrogens is 290 g/mol. The molecule has 0 unspecified atom stereocenters. The molecule has 2 aliphatic heterocycles. The number of rotatable bonds is 3. The maximum atomic E-state index is 12.8. The Balaban J connectivity index is 1.68. The Morgan fingerprint density at radius 3 is 2.61 bits per heavy atom. The van der Waals surface area contributed by atoms with E-state index < -0.39 is 0 Å². The van der Waals surface area contributed by atoms with Gasteiger partial charge in [-0.05, 0) is 31.4 Å². The van der Waals surface area contributed by atoms with Crippen molar-refractivity contribution in [2.75, 3.05) is 32.8 Å². The van der Waals surface area contributed by atoms with Gasteiger partial charge < -0.3 is 9.64 Å². The monoisotopic (exact) mass is 317 g/mol. The van der Waals surface area contributed by atoms with Crippen LogP contribution in [-0.2, 0) is 4.74 Å². The number of hydrogen-bond donors (Lipinski definition) is 0. The summed E-state index contributed by atoms with van der Waals surface area (Å²) < 4.78 is 5.44. The molecule has 23 heavy (non-hydrogen) atoms. The molecule has 0 N–H and O–H groups in total. The maximum Gasteiger partial charge on any atom is 0.255 e. The highest BCUT2D eigenvalue weighted by molar-refractivity contribution is 5.94. The molecular formula is C18H27N3O2. The highest BCUT2D eigenvalue weighted by Crippen LogP contribution is 2.25. The van der Waals surface area contributed by atoms with Gasteiger partial charge in [-0.15, -0.1) is 0 Å². The molecule has 126 valence electrons. The van der Waals surface area contributed by atoms with Crippen LogP contribution in [0.4, 0.5) is 0 Å². The van der Waals surface area contributed by atoms with Crippen molar-refractivity contribution >= 4 is 5.91 Å². The first-order chi connectivity index (χ1) is 11.1. The number of nitrogens with zero attached hydrogens (tertiary/aromatic N) is 3. The number of amides is 1. The number of likely N-dealkylation sites (tertiary alicyclic amines) is 1. The molecule has 0 radical (unpaired) electrons. The molecule has 3 heterocycles. The van der Waals surface area contributed by atoms with Gasteiger partial charge >= 0.3 is 0 Å². The molecule has 0 saturated carbocycles. The molecule has 0 aliphatic carbocycles. The van der Waals surface area contributed by atoms with E-state index >= 15 is 0 Å². The summed E-state index contributed by atoms with van der Waals surface area (Å²) in [6.45, 7) is 10.8. The van der Waals surface area contributed by atoms with Gasteiger partial charge in [0.2, 0.25) is 0 Å². The summed E-state index contributed by atoms with van der Waals surface area (Å²) in [6, 6.07) is 4.58. The Labute approximate surface area is 138 Å². The molecule has 1 amide bonds. The van der Waals surface area contributed by atoms with Gasteiger partial charge in [-0.3, -0.25) is 14.7 Å². The number of morpholine rings is 1. The summed E-state index contributed by atoms with van der Waals surface area (Å²) in [5, 5.41) is 0. The van der Waals surface area contributed by atoms with Crippen LogP contribution in [0.5, 0.6) is 0 Å². The van der Waals surface area contributed by atoms with Crippen molar-refractivity contribution < 1.29 is 9.53 Å². The van der Waals surface area contributed by atoms with Crippen molar-refractivity contribution in [1.29, 1.82) is 0 Å². The normalized spacial score (nSPS) is 26.0. The first kappa shape index (κ1) is 16.4. The van der Waals surface area contributed by atoms with Crippen LogP contribution in [-0.4, -0.2) is 65.6 Å². The second-order valence-corrected chi connectivity index (χ2v) is 6.87. The van der Waals surface area contributed by atoms with Crippen molar-refractivity contribution in [1.82, 2.24) is 14.8 Å². The van der Waals surface area contributed by atoms with Crippen molar-refractivity contribution in [3.63, 3.8) is 0 Å². The fourth-order valence-corrected chi connectivity index (χ4v) is 3.65. The zero-order valence-corrected chi connectivity index (χ0v) is 14.4. The van der Waals surface area contributed by atoms with E-state index in [1.165, 1.54) is 0 Å². The minimum atomic E-state index is 0.107. The molecule has 2 atom stereocenters. The van der Waals surface area contributed by atoms with E-state index in [0.717, 1.165) is 45.0 Å². The molecule has 0 aromatic carbocycles. The molecule has 3 rings (SSSR count). The molecule has 0 spiro atoms. The van der Waals surface area contributed by atoms with Gasteiger partial charge in [0.1, 0.15) is 0 Å². The Bertz CT molecular complexity index is 538. The van der Waals surface area contributed by atoms with Crippen LogP contribution in [0.1, 0.15) is 49.2 Å². The van der Waals surface area contributed by atoms with Crippen LogP contribution in [0.15, 0.2) is 18.3 Å². The van der Waals surface area contributed by atoms with Crippen molar-refractivity contribution in [2.24, 2.45) is 0 Å². The van der Waals surface area contributed by atoms with Gasteiger partial charge in [0.25, 0.3) is 5.91 Å². The van der Waals surface area contributed by atoms with E-state index in [9.17, 15) is 4.79 Å². The molecule has 2 saturated heterocycles. The number of carbonyl (C=O) groups is 1. The lowest BCUT2D eigenvalue weighted by molar-refractivity contribution is 0.0104. The van der Waals surface area contributed by atoms with E-state index in [1.807, 2.05) is 17.0 Å². The molecule has 5 heteroatoms. The lowest BCUT2D eigenvalue weighted by atomic mass is 10.1. The zero-order valence-electron chi connectivity index (χ0n) is 14.4. The van der Waals surface area contributed by atoms with E-state index in [1.54, 1.807) is 6.20 Å². The zero-order chi connectivity index (χ0) is 16.4. The molecule has 5 nitrogen and oxygen atoms in total. The van der Waals surface area contributed by atoms with Crippen LogP contribution in [0, 0.1) is 0 Å². The smallest absolute Gasteiger partial charge is 0.255 e. The van der Waals surface area contributed by atoms with Gasteiger partial charge in [-0.1, -0.05) is 13.8 Å². The van der Waals surface area contributed by atoms with E-state index in [4.69, 9.17) is 4.74 Å². The lowest BCUT2D eigenvalue weighted by Crippen LogP contribution is -2.49. The molecule has 2 fully saturated rings. The fraction of sp³-hybridized carbons (Fsp3) is 0.667.